The van der Waals surface area contributed by atoms with Gasteiger partial charge in [-0.15, -0.1) is 0 Å². The number of pyridine rings is 1. The third-order valence-electron chi connectivity index (χ3n) is 4.88. The van der Waals surface area contributed by atoms with Gasteiger partial charge in [0.15, 0.2) is 0 Å². The van der Waals surface area contributed by atoms with Gasteiger partial charge in [-0.05, 0) is 48.5 Å². The number of ether oxygens (including phenoxy) is 2. The molecule has 0 radical (unpaired) electrons. The van der Waals surface area contributed by atoms with E-state index in [-0.39, 0.29) is 23.0 Å². The van der Waals surface area contributed by atoms with Crippen molar-refractivity contribution in [2.24, 2.45) is 0 Å². The van der Waals surface area contributed by atoms with Crippen LogP contribution in [0.2, 0.25) is 5.02 Å². The molecule has 0 atom stereocenters. The first-order valence-corrected chi connectivity index (χ1v) is 10.6. The van der Waals surface area contributed by atoms with E-state index in [0.717, 1.165) is 12.1 Å². The van der Waals surface area contributed by atoms with Crippen molar-refractivity contribution in [3.63, 3.8) is 0 Å². The highest BCUT2D eigenvalue weighted by molar-refractivity contribution is 6.31. The minimum absolute atomic E-state index is 0.170. The molecule has 0 bridgehead atoms. The van der Waals surface area contributed by atoms with Gasteiger partial charge < -0.3 is 20.1 Å². The van der Waals surface area contributed by atoms with Crippen LogP contribution in [0.25, 0.3) is 0 Å². The number of nitrogens with zero attached hydrogens (tertiary/aromatic N) is 1. The molecule has 4 rings (SSSR count). The molecular formula is C24H15ClF3N3O5. The molecule has 3 aromatic carbocycles. The Bertz CT molecular complexity index is 1510. The molecule has 0 fully saturated rings. The quantitative estimate of drug-likeness (QED) is 0.331. The van der Waals surface area contributed by atoms with Crippen molar-refractivity contribution < 1.29 is 27.4 Å². The average Bonchev–Trinajstić information content (AvgIpc) is 2.86. The smallest absolute Gasteiger partial charge is 0.417 e. The molecule has 1 heterocycles. The number of halogens is 4. The van der Waals surface area contributed by atoms with Crippen LogP contribution in [-0.4, -0.2) is 17.9 Å². The fourth-order valence-corrected chi connectivity index (χ4v) is 3.32. The van der Waals surface area contributed by atoms with E-state index in [0.29, 0.717) is 23.3 Å². The zero-order valence-corrected chi connectivity index (χ0v) is 19.0. The number of benzene rings is 2. The molecule has 1 aromatic heterocycles. The van der Waals surface area contributed by atoms with Gasteiger partial charge >= 0.3 is 6.18 Å². The summed E-state index contributed by atoms with van der Waals surface area (Å²) in [6, 6.07) is 12.0. The second-order valence-electron chi connectivity index (χ2n) is 7.31. The molecule has 184 valence electrons. The van der Waals surface area contributed by atoms with Crippen LogP contribution in [0, 0.1) is 0 Å². The number of aromatic nitrogens is 1. The molecule has 0 spiro atoms. The highest BCUT2D eigenvalue weighted by Crippen LogP contribution is 2.38. The lowest BCUT2D eigenvalue weighted by Crippen LogP contribution is -2.34. The maximum Gasteiger partial charge on any atom is 0.417 e. The van der Waals surface area contributed by atoms with Crippen LogP contribution >= 0.6 is 11.6 Å². The average molecular weight is 518 g/mol. The molecule has 0 aliphatic heterocycles. The summed E-state index contributed by atoms with van der Waals surface area (Å²) < 4.78 is 50.2. The Labute approximate surface area is 206 Å². The van der Waals surface area contributed by atoms with Crippen LogP contribution < -0.4 is 31.0 Å². The molecule has 0 aliphatic rings. The van der Waals surface area contributed by atoms with Gasteiger partial charge in [-0.3, -0.25) is 19.4 Å². The molecule has 0 saturated heterocycles. The molecule has 36 heavy (non-hydrogen) atoms. The van der Waals surface area contributed by atoms with Crippen LogP contribution in [0.3, 0.4) is 0 Å². The SMILES string of the molecule is CNC(=O)c1cc(Oc2ccc(Nc3c(Oc4ccc(Cl)c(C(F)(F)F)c4)c(=O)c3=O)cc2)ccn1. The van der Waals surface area contributed by atoms with Crippen LogP contribution in [-0.2, 0) is 6.18 Å². The van der Waals surface area contributed by atoms with Gasteiger partial charge in [0.25, 0.3) is 16.8 Å². The summed E-state index contributed by atoms with van der Waals surface area (Å²) in [4.78, 5) is 39.7. The molecule has 12 heteroatoms. The van der Waals surface area contributed by atoms with E-state index in [2.05, 4.69) is 15.6 Å². The Morgan fingerprint density at radius 2 is 1.58 bits per heavy atom. The van der Waals surface area contributed by atoms with Crippen molar-refractivity contribution in [2.75, 3.05) is 12.4 Å². The highest BCUT2D eigenvalue weighted by atomic mass is 35.5. The summed E-state index contributed by atoms with van der Waals surface area (Å²) >= 11 is 5.59. The van der Waals surface area contributed by atoms with Crippen molar-refractivity contribution in [3.8, 4) is 23.0 Å². The summed E-state index contributed by atoms with van der Waals surface area (Å²) in [5.74, 6) is -0.340. The topological polar surface area (TPSA) is 107 Å². The summed E-state index contributed by atoms with van der Waals surface area (Å²) in [5, 5.41) is 4.65. The number of hydrogen-bond donors (Lipinski definition) is 2. The van der Waals surface area contributed by atoms with Gasteiger partial charge in [-0.1, -0.05) is 11.6 Å². The zero-order chi connectivity index (χ0) is 26.0. The van der Waals surface area contributed by atoms with Crippen LogP contribution in [0.1, 0.15) is 16.1 Å². The maximum absolute atomic E-state index is 13.1. The number of carbonyl (C=O) groups excluding carboxylic acids is 1. The first-order chi connectivity index (χ1) is 17.1. The third kappa shape index (κ3) is 5.15. The predicted molar refractivity (Wildman–Crippen MR) is 125 cm³/mol. The predicted octanol–water partition coefficient (Wildman–Crippen LogP) is 5.04. The van der Waals surface area contributed by atoms with Gasteiger partial charge in [-0.25, -0.2) is 0 Å². The number of hydrogen-bond acceptors (Lipinski definition) is 7. The van der Waals surface area contributed by atoms with Crippen molar-refractivity contribution in [1.82, 2.24) is 10.3 Å². The number of amides is 1. The number of anilines is 2. The Kier molecular flexibility index (Phi) is 6.67. The van der Waals surface area contributed by atoms with Gasteiger partial charge in [0.1, 0.15) is 28.6 Å². The van der Waals surface area contributed by atoms with Crippen LogP contribution in [0.15, 0.2) is 70.4 Å². The molecular weight excluding hydrogens is 503 g/mol. The number of carbonyl (C=O) groups is 1. The summed E-state index contributed by atoms with van der Waals surface area (Å²) in [6.45, 7) is 0. The monoisotopic (exact) mass is 517 g/mol. The molecule has 0 aliphatic carbocycles. The summed E-state index contributed by atoms with van der Waals surface area (Å²) in [7, 11) is 1.48. The van der Waals surface area contributed by atoms with Crippen LogP contribution in [0.5, 0.6) is 23.0 Å². The summed E-state index contributed by atoms with van der Waals surface area (Å²) in [5.41, 5.74) is -2.65. The number of nitrogens with one attached hydrogen (secondary N) is 2. The lowest BCUT2D eigenvalue weighted by atomic mass is 10.2. The lowest BCUT2D eigenvalue weighted by molar-refractivity contribution is -0.137. The number of alkyl halides is 3. The Hall–Kier alpha value is -4.38. The standard InChI is InChI=1S/C24H15ClF3N3O5/c1-29-23(34)18-11-15(8-9-30-18)35-13-4-2-12(3-5-13)31-19-20(32)21(33)22(19)36-14-6-7-17(25)16(10-14)24(26,27)28/h2-11,31H,1H3,(H,29,34). The second-order valence-corrected chi connectivity index (χ2v) is 7.72. The van der Waals surface area contributed by atoms with Crippen molar-refractivity contribution >= 4 is 28.9 Å². The van der Waals surface area contributed by atoms with Gasteiger partial charge in [0, 0.05) is 25.0 Å². The fourth-order valence-electron chi connectivity index (χ4n) is 3.10. The second kappa shape index (κ2) is 9.70. The van der Waals surface area contributed by atoms with Gasteiger partial charge in [0.05, 0.1) is 10.6 Å². The number of rotatable bonds is 7. The molecule has 0 unspecified atom stereocenters. The Balaban J connectivity index is 1.49. The largest absolute Gasteiger partial charge is 0.457 e. The first kappa shape index (κ1) is 24.7. The van der Waals surface area contributed by atoms with E-state index in [9.17, 15) is 27.6 Å². The van der Waals surface area contributed by atoms with E-state index in [1.165, 1.54) is 19.3 Å². The summed E-state index contributed by atoms with van der Waals surface area (Å²) in [6.07, 6.45) is -3.31. The van der Waals surface area contributed by atoms with E-state index < -0.39 is 33.4 Å². The normalized spacial score (nSPS) is 11.2. The van der Waals surface area contributed by atoms with Gasteiger partial charge in [-0.2, -0.15) is 13.2 Å². The maximum atomic E-state index is 13.1. The molecule has 1 amide bonds. The molecule has 2 N–H and O–H groups in total. The van der Waals surface area contributed by atoms with E-state index in [1.807, 2.05) is 0 Å². The molecule has 0 saturated carbocycles. The Morgan fingerprint density at radius 3 is 2.25 bits per heavy atom. The van der Waals surface area contributed by atoms with Gasteiger partial charge in [0.2, 0.25) is 5.75 Å². The highest BCUT2D eigenvalue weighted by Gasteiger charge is 2.34. The minimum atomic E-state index is -4.73. The van der Waals surface area contributed by atoms with E-state index >= 15 is 0 Å². The first-order valence-electron chi connectivity index (χ1n) is 10.2. The fraction of sp³-hybridized carbons (Fsp3) is 0.0833. The lowest BCUT2D eigenvalue weighted by Gasteiger charge is -2.16. The third-order valence-corrected chi connectivity index (χ3v) is 5.21. The van der Waals surface area contributed by atoms with E-state index in [1.54, 1.807) is 30.3 Å². The van der Waals surface area contributed by atoms with E-state index in [4.69, 9.17) is 21.1 Å². The van der Waals surface area contributed by atoms with Crippen molar-refractivity contribution in [1.29, 1.82) is 0 Å². The van der Waals surface area contributed by atoms with Crippen LogP contribution in [0.4, 0.5) is 24.5 Å². The zero-order valence-electron chi connectivity index (χ0n) is 18.3. The Morgan fingerprint density at radius 1 is 0.917 bits per heavy atom. The van der Waals surface area contributed by atoms with Crippen molar-refractivity contribution in [2.45, 2.75) is 6.18 Å². The minimum Gasteiger partial charge on any atom is -0.457 e. The molecule has 4 aromatic rings. The molecule has 8 nitrogen and oxygen atoms in total. The van der Waals surface area contributed by atoms with Crippen molar-refractivity contribution in [3.05, 3.63) is 97.5 Å².